The first-order valence-electron chi connectivity index (χ1n) is 24.7. The van der Waals surface area contributed by atoms with Gasteiger partial charge in [-0.1, -0.05) is 111 Å². The van der Waals surface area contributed by atoms with Crippen LogP contribution in [0.2, 0.25) is 0 Å². The number of para-hydroxylation sites is 1. The Morgan fingerprint density at radius 2 is 1.17 bits per heavy atom. The molecule has 0 saturated carbocycles. The molecule has 2 aliphatic heterocycles. The molecule has 2 saturated heterocycles. The topological polar surface area (TPSA) is 245 Å². The van der Waals surface area contributed by atoms with Crippen molar-refractivity contribution < 1.29 is 47.9 Å². The Kier molecular flexibility index (Phi) is 25.0. The lowest BCUT2D eigenvalue weighted by atomic mass is 10.0. The molecule has 2 unspecified atom stereocenters. The van der Waals surface area contributed by atoms with E-state index in [0.717, 1.165) is 65.2 Å². The van der Waals surface area contributed by atoms with Crippen molar-refractivity contribution in [2.24, 2.45) is 0 Å². The molecule has 2 fully saturated rings. The van der Waals surface area contributed by atoms with Crippen LogP contribution < -0.4 is 21.3 Å². The maximum absolute atomic E-state index is 14.8. The van der Waals surface area contributed by atoms with E-state index in [2.05, 4.69) is 26.3 Å². The van der Waals surface area contributed by atoms with Gasteiger partial charge in [0.05, 0.1) is 25.0 Å². The summed E-state index contributed by atoms with van der Waals surface area (Å²) in [5.41, 5.74) is 4.06. The van der Waals surface area contributed by atoms with Gasteiger partial charge in [0.25, 0.3) is 5.91 Å². The van der Waals surface area contributed by atoms with Gasteiger partial charge in [-0.3, -0.25) is 47.9 Å². The third-order valence-corrected chi connectivity index (χ3v) is 18.8. The molecule has 6 atom stereocenters. The monoisotopic (exact) mass is 1180 g/mol. The smallest absolute Gasteiger partial charge is 0.270 e. The molecule has 3 aromatic rings. The fourth-order valence-corrected chi connectivity index (χ4v) is 14.1. The second-order valence-electron chi connectivity index (χ2n) is 18.6. The number of aromatic nitrogens is 1. The summed E-state index contributed by atoms with van der Waals surface area (Å²) in [4.78, 5) is 151. The zero-order valence-electron chi connectivity index (χ0n) is 45.0. The number of likely N-dealkylation sites (N-methyl/N-ethyl adjacent to an activating group) is 4. The molecule has 2 aliphatic rings. The van der Waals surface area contributed by atoms with Crippen molar-refractivity contribution in [2.45, 2.75) is 63.4 Å². The standard InChI is InChI=1S/C53H67N9O10S6/c1-31(2)35(19-18-33-15-11-10-14-32(33)3)22-44(63)57-38-25-75-52(71)42(27-73-8)61(6)50(69)41-30-78-77-29-40(59(4)45(64)23-54-47(38)66)51(70)62(7)43(28-74-9)53(72)76-26-39(48(67)55-24-46(65)60(41)5)58-49(68)37-21-20-34-16-12-13-17-36(34)56-37/h10-21,38-43H,22-30H2,1-9H3,(H,54,66)(H,55,67)(H,57,63)(H,58,68)/b19-18-/t38-,39-,40?,41?,42+,43+/m1/s1. The van der Waals surface area contributed by atoms with E-state index in [1.54, 1.807) is 30.7 Å². The zero-order chi connectivity index (χ0) is 57.2. The summed E-state index contributed by atoms with van der Waals surface area (Å²) in [6.45, 7) is 4.45. The molecule has 5 rings (SSSR count). The van der Waals surface area contributed by atoms with Crippen LogP contribution in [0.15, 0.2) is 77.9 Å². The van der Waals surface area contributed by atoms with Crippen molar-refractivity contribution in [1.29, 1.82) is 0 Å². The van der Waals surface area contributed by atoms with E-state index >= 15 is 0 Å². The van der Waals surface area contributed by atoms with E-state index in [-0.39, 0.29) is 46.6 Å². The van der Waals surface area contributed by atoms with E-state index < -0.39 is 107 Å². The van der Waals surface area contributed by atoms with Crippen LogP contribution in [0.1, 0.15) is 41.9 Å². The summed E-state index contributed by atoms with van der Waals surface area (Å²) < 4.78 is 0. The molecular formula is C53H67N9O10S6. The van der Waals surface area contributed by atoms with Crippen LogP contribution in [-0.4, -0.2) is 207 Å². The van der Waals surface area contributed by atoms with E-state index in [1.807, 2.05) is 69.3 Å². The Hall–Kier alpha value is -5.47. The van der Waals surface area contributed by atoms with Gasteiger partial charge in [-0.05, 0) is 62.1 Å². The summed E-state index contributed by atoms with van der Waals surface area (Å²) in [5.74, 6) is -6.07. The summed E-state index contributed by atoms with van der Waals surface area (Å²) >= 11 is 3.99. The van der Waals surface area contributed by atoms with E-state index in [1.165, 1.54) is 67.6 Å². The molecule has 0 spiro atoms. The highest BCUT2D eigenvalue weighted by Gasteiger charge is 2.39. The van der Waals surface area contributed by atoms with Crippen LogP contribution in [-0.2, 0) is 43.2 Å². The molecule has 4 N–H and O–H groups in total. The van der Waals surface area contributed by atoms with Gasteiger partial charge in [0, 0.05) is 68.1 Å². The molecule has 2 aromatic carbocycles. The highest BCUT2D eigenvalue weighted by molar-refractivity contribution is 8.76. The quantitative estimate of drug-likeness (QED) is 0.158. The highest BCUT2D eigenvalue weighted by Crippen LogP contribution is 2.29. The number of benzene rings is 2. The van der Waals surface area contributed by atoms with Gasteiger partial charge in [-0.25, -0.2) is 4.98 Å². The van der Waals surface area contributed by atoms with E-state index in [0.29, 0.717) is 22.9 Å². The Morgan fingerprint density at radius 1 is 0.667 bits per heavy atom. The minimum atomic E-state index is -1.40. The summed E-state index contributed by atoms with van der Waals surface area (Å²) in [5, 5.41) is 10.3. The van der Waals surface area contributed by atoms with Crippen molar-refractivity contribution in [3.8, 4) is 0 Å². The highest BCUT2D eigenvalue weighted by atomic mass is 33.1. The van der Waals surface area contributed by atoms with Crippen molar-refractivity contribution in [3.05, 3.63) is 94.7 Å². The van der Waals surface area contributed by atoms with Gasteiger partial charge in [-0.2, -0.15) is 23.5 Å². The number of nitrogens with one attached hydrogen (secondary N) is 4. The molecule has 2 bridgehead atoms. The molecule has 8 amide bonds. The number of rotatable bonds is 11. The van der Waals surface area contributed by atoms with Crippen molar-refractivity contribution in [1.82, 2.24) is 45.9 Å². The van der Waals surface area contributed by atoms with Crippen LogP contribution in [0.5, 0.6) is 0 Å². The maximum atomic E-state index is 14.8. The number of nitrogens with zero attached hydrogens (tertiary/aromatic N) is 5. The number of pyridine rings is 1. The van der Waals surface area contributed by atoms with Gasteiger partial charge in [0.1, 0.15) is 41.9 Å². The van der Waals surface area contributed by atoms with Crippen LogP contribution >= 0.6 is 68.6 Å². The Balaban J connectivity index is 1.51. The molecule has 420 valence electrons. The number of amides is 8. The first kappa shape index (κ1) is 63.4. The summed E-state index contributed by atoms with van der Waals surface area (Å²) in [6, 6.07) is 10.7. The second-order valence-corrected chi connectivity index (χ2v) is 25.0. The number of carbonyl (C=O) groups excluding carboxylic acids is 10. The van der Waals surface area contributed by atoms with Gasteiger partial charge in [-0.15, -0.1) is 0 Å². The van der Waals surface area contributed by atoms with Crippen molar-refractivity contribution >= 4 is 143 Å². The molecule has 78 heavy (non-hydrogen) atoms. The number of fused-ring (bicyclic) bond motifs is 6. The SMILES string of the molecule is CSC[C@H]1C(=O)SC[C@@H](NC(=O)c2ccc3ccccc3n2)C(=O)NCC(=O)N(C)C2CSSCC(C(=O)N1C)N(C)C(=O)CNC(=O)[C@H](NC(=O)CC(/C=C\c1ccccc1C)=C(C)C)CSC(=O)[C@H](CSC)N(C)C2=O. The molecular weight excluding hydrogens is 1120 g/mol. The van der Waals surface area contributed by atoms with Crippen LogP contribution in [0.4, 0.5) is 0 Å². The minimum Gasteiger partial charge on any atom is -0.345 e. The van der Waals surface area contributed by atoms with E-state index in [9.17, 15) is 47.9 Å². The lowest BCUT2D eigenvalue weighted by Crippen LogP contribution is -2.57. The lowest BCUT2D eigenvalue weighted by Gasteiger charge is -2.35. The molecule has 1 aromatic heterocycles. The van der Waals surface area contributed by atoms with Gasteiger partial charge < -0.3 is 40.9 Å². The summed E-state index contributed by atoms with van der Waals surface area (Å²) in [7, 11) is 7.90. The third kappa shape index (κ3) is 17.5. The lowest BCUT2D eigenvalue weighted by molar-refractivity contribution is -0.145. The van der Waals surface area contributed by atoms with E-state index in [4.69, 9.17) is 0 Å². The number of allylic oxidation sites excluding steroid dienone is 2. The Morgan fingerprint density at radius 3 is 1.68 bits per heavy atom. The Labute approximate surface area is 480 Å². The molecule has 0 radical (unpaired) electrons. The molecule has 19 nitrogen and oxygen atoms in total. The Bertz CT molecular complexity index is 2800. The predicted molar refractivity (Wildman–Crippen MR) is 317 cm³/mol. The normalized spacial score (nSPS) is 22.5. The average molecular weight is 1180 g/mol. The number of hydrogen-bond acceptors (Lipinski definition) is 17. The van der Waals surface area contributed by atoms with Crippen LogP contribution in [0.3, 0.4) is 0 Å². The predicted octanol–water partition coefficient (Wildman–Crippen LogP) is 3.76. The number of carbonyl (C=O) groups is 10. The average Bonchev–Trinajstić information content (AvgIpc) is 3.43. The minimum absolute atomic E-state index is 0.00936. The second kappa shape index (κ2) is 30.8. The number of hydrogen-bond donors (Lipinski definition) is 4. The molecule has 3 heterocycles. The van der Waals surface area contributed by atoms with Crippen LogP contribution in [0.25, 0.3) is 17.0 Å². The first-order valence-corrected chi connectivity index (χ1v) is 31.9. The van der Waals surface area contributed by atoms with Gasteiger partial charge in [0.15, 0.2) is 0 Å². The fraction of sp³-hybridized carbons (Fsp3) is 0.453. The van der Waals surface area contributed by atoms with Crippen molar-refractivity contribution in [2.75, 3.05) is 88.3 Å². The van der Waals surface area contributed by atoms with Gasteiger partial charge >= 0.3 is 0 Å². The number of aryl methyl sites for hydroxylation is 1. The zero-order valence-corrected chi connectivity index (χ0v) is 49.9. The molecule has 0 aliphatic carbocycles. The molecule has 25 heteroatoms. The fourth-order valence-electron chi connectivity index (χ4n) is 7.96. The number of thioether (sulfide) groups is 4. The summed E-state index contributed by atoms with van der Waals surface area (Å²) in [6.07, 6.45) is 7.12. The van der Waals surface area contributed by atoms with Crippen molar-refractivity contribution in [3.63, 3.8) is 0 Å². The van der Waals surface area contributed by atoms with Gasteiger partial charge in [0.2, 0.25) is 51.6 Å². The van der Waals surface area contributed by atoms with Crippen LogP contribution in [0, 0.1) is 6.92 Å². The third-order valence-electron chi connectivity index (χ3n) is 13.0. The first-order chi connectivity index (χ1) is 37.2. The largest absolute Gasteiger partial charge is 0.345 e. The maximum Gasteiger partial charge on any atom is 0.270 e.